The summed E-state index contributed by atoms with van der Waals surface area (Å²) in [6, 6.07) is 0. The monoisotopic (exact) mass is 445 g/mol. The van der Waals surface area contributed by atoms with Gasteiger partial charge >= 0.3 is 12.3 Å². The summed E-state index contributed by atoms with van der Waals surface area (Å²) in [5, 5.41) is 24.7. The van der Waals surface area contributed by atoms with Crippen LogP contribution in [0.5, 0.6) is 0 Å². The fourth-order valence-electron chi connectivity index (χ4n) is 1.76. The number of alkyl halides is 4. The van der Waals surface area contributed by atoms with Crippen molar-refractivity contribution in [2.45, 2.75) is 18.1 Å². The maximum absolute atomic E-state index is 13.3. The first-order valence-electron chi connectivity index (χ1n) is 7.63. The van der Waals surface area contributed by atoms with Crippen LogP contribution in [0.1, 0.15) is 5.69 Å². The number of nitro groups is 1. The molecule has 0 spiro atoms. The zero-order valence-electron chi connectivity index (χ0n) is 14.6. The summed E-state index contributed by atoms with van der Waals surface area (Å²) in [6.07, 6.45) is -3.09. The van der Waals surface area contributed by atoms with Crippen molar-refractivity contribution in [3.8, 4) is 0 Å². The summed E-state index contributed by atoms with van der Waals surface area (Å²) in [7, 11) is 1.53. The molecule has 0 aliphatic heterocycles. The minimum absolute atomic E-state index is 0.0760. The lowest BCUT2D eigenvalue weighted by Crippen LogP contribution is -2.47. The zero-order valence-corrected chi connectivity index (χ0v) is 16.3. The van der Waals surface area contributed by atoms with E-state index in [1.165, 1.54) is 18.8 Å². The Bertz CT molecular complexity index is 702. The molecule has 9 nitrogen and oxygen atoms in total. The number of thiazole rings is 1. The SMILES string of the molecule is CNC(=C[N+](=O)[O-])NCCSCc1csc(N(CC(F)(F)C(F)F)C(=N)N)n1. The third kappa shape index (κ3) is 7.75. The minimum atomic E-state index is -4.33. The molecule has 0 aliphatic rings. The van der Waals surface area contributed by atoms with Gasteiger partial charge in [0.15, 0.2) is 16.9 Å². The highest BCUT2D eigenvalue weighted by Crippen LogP contribution is 2.29. The number of anilines is 1. The molecule has 0 unspecified atom stereocenters. The first-order chi connectivity index (χ1) is 13.1. The van der Waals surface area contributed by atoms with E-state index in [9.17, 15) is 27.7 Å². The van der Waals surface area contributed by atoms with Crippen LogP contribution >= 0.6 is 23.1 Å². The molecule has 0 aliphatic carbocycles. The first kappa shape index (κ1) is 23.7. The molecule has 0 saturated carbocycles. The van der Waals surface area contributed by atoms with E-state index < -0.39 is 29.8 Å². The second-order valence-corrected chi connectivity index (χ2v) is 7.15. The Morgan fingerprint density at radius 3 is 2.82 bits per heavy atom. The average molecular weight is 445 g/mol. The van der Waals surface area contributed by atoms with Crippen molar-refractivity contribution < 1.29 is 22.5 Å². The molecule has 15 heteroatoms. The highest BCUT2D eigenvalue weighted by molar-refractivity contribution is 7.98. The Balaban J connectivity index is 2.56. The normalized spacial score (nSPS) is 12.1. The fraction of sp³-hybridized carbons (Fsp3) is 0.538. The number of guanidine groups is 1. The van der Waals surface area contributed by atoms with Crippen LogP contribution in [-0.2, 0) is 5.75 Å². The molecular weight excluding hydrogens is 426 g/mol. The van der Waals surface area contributed by atoms with Crippen molar-refractivity contribution >= 4 is 34.2 Å². The van der Waals surface area contributed by atoms with Gasteiger partial charge in [0, 0.05) is 30.5 Å². The van der Waals surface area contributed by atoms with E-state index in [0.717, 1.165) is 17.5 Å². The minimum Gasteiger partial charge on any atom is -0.370 e. The quantitative estimate of drug-likeness (QED) is 0.0957. The van der Waals surface area contributed by atoms with Gasteiger partial charge < -0.3 is 16.4 Å². The van der Waals surface area contributed by atoms with Crippen LogP contribution in [0, 0.1) is 15.5 Å². The van der Waals surface area contributed by atoms with Gasteiger partial charge in [0.05, 0.1) is 17.2 Å². The molecule has 0 bridgehead atoms. The van der Waals surface area contributed by atoms with E-state index in [1.807, 2.05) is 0 Å². The van der Waals surface area contributed by atoms with Gasteiger partial charge in [-0.2, -0.15) is 20.5 Å². The van der Waals surface area contributed by atoms with Crippen LogP contribution in [0.4, 0.5) is 22.7 Å². The van der Waals surface area contributed by atoms with E-state index in [-0.39, 0.29) is 11.0 Å². The highest BCUT2D eigenvalue weighted by atomic mass is 32.2. The fourth-order valence-corrected chi connectivity index (χ4v) is 3.45. The van der Waals surface area contributed by atoms with Gasteiger partial charge in [-0.3, -0.25) is 20.4 Å². The summed E-state index contributed by atoms with van der Waals surface area (Å²) < 4.78 is 51.3. The number of rotatable bonds is 12. The predicted octanol–water partition coefficient (Wildman–Crippen LogP) is 1.86. The first-order valence-corrected chi connectivity index (χ1v) is 9.67. The lowest BCUT2D eigenvalue weighted by Gasteiger charge is -2.24. The van der Waals surface area contributed by atoms with Crippen molar-refractivity contribution in [3.63, 3.8) is 0 Å². The number of thioether (sulfide) groups is 1. The molecule has 1 rings (SSSR count). The van der Waals surface area contributed by atoms with E-state index >= 15 is 0 Å². The third-order valence-electron chi connectivity index (χ3n) is 3.07. The van der Waals surface area contributed by atoms with Crippen molar-refractivity contribution in [2.24, 2.45) is 5.73 Å². The van der Waals surface area contributed by atoms with Gasteiger partial charge in [-0.05, 0) is 0 Å². The Morgan fingerprint density at radius 2 is 2.29 bits per heavy atom. The predicted molar refractivity (Wildman–Crippen MR) is 101 cm³/mol. The van der Waals surface area contributed by atoms with Gasteiger partial charge in [-0.15, -0.1) is 11.3 Å². The number of aromatic nitrogens is 1. The summed E-state index contributed by atoms with van der Waals surface area (Å²) in [5.41, 5.74) is 5.73. The Morgan fingerprint density at radius 1 is 1.61 bits per heavy atom. The van der Waals surface area contributed by atoms with Crippen LogP contribution in [0.3, 0.4) is 0 Å². The maximum Gasteiger partial charge on any atom is 0.325 e. The highest BCUT2D eigenvalue weighted by Gasteiger charge is 2.43. The van der Waals surface area contributed by atoms with E-state index in [1.54, 1.807) is 5.38 Å². The van der Waals surface area contributed by atoms with E-state index in [2.05, 4.69) is 15.6 Å². The molecule has 0 amide bonds. The van der Waals surface area contributed by atoms with Crippen LogP contribution in [0.2, 0.25) is 0 Å². The van der Waals surface area contributed by atoms with Gasteiger partial charge in [0.2, 0.25) is 0 Å². The van der Waals surface area contributed by atoms with Gasteiger partial charge in [0.1, 0.15) is 0 Å². The van der Waals surface area contributed by atoms with Crippen molar-refractivity contribution in [2.75, 3.05) is 30.8 Å². The van der Waals surface area contributed by atoms with Crippen LogP contribution in [0.25, 0.3) is 0 Å². The summed E-state index contributed by atoms with van der Waals surface area (Å²) in [4.78, 5) is 14.4. The number of nitrogens with two attached hydrogens (primary N) is 1. The van der Waals surface area contributed by atoms with Crippen molar-refractivity contribution in [3.05, 3.63) is 33.2 Å². The molecule has 0 radical (unpaired) electrons. The van der Waals surface area contributed by atoms with Crippen LogP contribution < -0.4 is 21.3 Å². The standard InChI is InChI=1S/C13H19F4N7O2S2/c1-20-9(4-24(25)26)21-2-3-27-5-8-6-28-12(22-8)23(11(18)19)7-13(16,17)10(14)15/h4,6,10,20-21H,2-3,5,7H2,1H3,(H3,18,19). The molecule has 28 heavy (non-hydrogen) atoms. The Hall–Kier alpha value is -2.29. The van der Waals surface area contributed by atoms with Crippen LogP contribution in [-0.4, -0.2) is 54.1 Å². The van der Waals surface area contributed by atoms with Crippen molar-refractivity contribution in [1.82, 2.24) is 15.6 Å². The summed E-state index contributed by atoms with van der Waals surface area (Å²) >= 11 is 2.32. The smallest absolute Gasteiger partial charge is 0.325 e. The molecule has 0 aromatic carbocycles. The molecule has 0 saturated heterocycles. The second-order valence-electron chi connectivity index (χ2n) is 5.21. The van der Waals surface area contributed by atoms with Gasteiger partial charge in [-0.25, -0.2) is 13.8 Å². The molecular formula is C13H19F4N7O2S2. The topological polar surface area (TPSA) is 133 Å². The third-order valence-corrected chi connectivity index (χ3v) is 4.97. The molecule has 0 fully saturated rings. The molecule has 1 heterocycles. The molecule has 1 aromatic heterocycles. The number of nitrogens with one attached hydrogen (secondary N) is 3. The molecule has 1 aromatic rings. The van der Waals surface area contributed by atoms with E-state index in [4.69, 9.17) is 11.1 Å². The van der Waals surface area contributed by atoms with Crippen LogP contribution in [0.15, 0.2) is 17.4 Å². The summed E-state index contributed by atoms with van der Waals surface area (Å²) in [5.74, 6) is -3.94. The number of hydrogen-bond donors (Lipinski definition) is 4. The van der Waals surface area contributed by atoms with Gasteiger partial charge in [0.25, 0.3) is 6.20 Å². The zero-order chi connectivity index (χ0) is 21.3. The number of halogens is 4. The Labute approximate surface area is 166 Å². The van der Waals surface area contributed by atoms with E-state index in [0.29, 0.717) is 28.6 Å². The number of nitrogens with zero attached hydrogens (tertiary/aromatic N) is 3. The largest absolute Gasteiger partial charge is 0.370 e. The molecule has 158 valence electrons. The Kier molecular flexibility index (Phi) is 9.24. The van der Waals surface area contributed by atoms with Gasteiger partial charge in [-0.1, -0.05) is 0 Å². The lowest BCUT2D eigenvalue weighted by atomic mass is 10.3. The number of hydrogen-bond acceptors (Lipinski definition) is 8. The summed E-state index contributed by atoms with van der Waals surface area (Å²) in [6.45, 7) is -1.03. The maximum atomic E-state index is 13.3. The molecule has 0 atom stereocenters. The lowest BCUT2D eigenvalue weighted by molar-refractivity contribution is -0.404. The second kappa shape index (κ2) is 10.9. The molecule has 5 N–H and O–H groups in total. The van der Waals surface area contributed by atoms with Crippen molar-refractivity contribution in [1.29, 1.82) is 5.41 Å². The average Bonchev–Trinajstić information content (AvgIpc) is 3.06.